The summed E-state index contributed by atoms with van der Waals surface area (Å²) in [5.74, 6) is 1.70. The molecule has 1 aromatic rings. The topological polar surface area (TPSA) is 48.0 Å². The Morgan fingerprint density at radius 1 is 1.26 bits per heavy atom. The second-order valence-corrected chi connectivity index (χ2v) is 8.41. The summed E-state index contributed by atoms with van der Waals surface area (Å²) in [6, 6.07) is 7.72. The molecule has 5 nitrogen and oxygen atoms in total. The Bertz CT molecular complexity index is 649. The predicted molar refractivity (Wildman–Crippen MR) is 103 cm³/mol. The summed E-state index contributed by atoms with van der Waals surface area (Å²) in [4.78, 5) is 14.5. The van der Waals surface area contributed by atoms with Crippen LogP contribution in [0, 0.1) is 5.92 Å². The van der Waals surface area contributed by atoms with Gasteiger partial charge < -0.3 is 19.1 Å². The fraction of sp³-hybridized carbons (Fsp3) is 0.682. The van der Waals surface area contributed by atoms with Gasteiger partial charge in [-0.15, -0.1) is 0 Å². The minimum absolute atomic E-state index is 0.159. The van der Waals surface area contributed by atoms with E-state index in [-0.39, 0.29) is 17.6 Å². The normalized spacial score (nSPS) is 24.8. The van der Waals surface area contributed by atoms with E-state index in [4.69, 9.17) is 14.2 Å². The molecule has 148 valence electrons. The van der Waals surface area contributed by atoms with E-state index in [2.05, 4.69) is 0 Å². The molecule has 2 saturated heterocycles. The molecule has 2 aliphatic heterocycles. The maximum Gasteiger partial charge on any atom is 0.227 e. The molecule has 4 rings (SSSR count). The Balaban J connectivity index is 1.25. The number of nitrogens with zero attached hydrogens (tertiary/aromatic N) is 1. The van der Waals surface area contributed by atoms with Crippen molar-refractivity contribution in [2.24, 2.45) is 5.92 Å². The summed E-state index contributed by atoms with van der Waals surface area (Å²) < 4.78 is 17.5. The quantitative estimate of drug-likeness (QED) is 0.768. The predicted octanol–water partition coefficient (Wildman–Crippen LogP) is 3.20. The van der Waals surface area contributed by atoms with Crippen molar-refractivity contribution < 1.29 is 19.0 Å². The number of amides is 1. The summed E-state index contributed by atoms with van der Waals surface area (Å²) in [7, 11) is 1.64. The first-order valence-electron chi connectivity index (χ1n) is 10.3. The average Bonchev–Trinajstić information content (AvgIpc) is 3.18. The van der Waals surface area contributed by atoms with Crippen molar-refractivity contribution in [3.8, 4) is 5.75 Å². The largest absolute Gasteiger partial charge is 0.497 e. The Morgan fingerprint density at radius 3 is 2.85 bits per heavy atom. The number of hydrogen-bond acceptors (Lipinski definition) is 4. The molecular weight excluding hydrogens is 342 g/mol. The van der Waals surface area contributed by atoms with Crippen molar-refractivity contribution in [3.63, 3.8) is 0 Å². The molecule has 2 heterocycles. The van der Waals surface area contributed by atoms with Crippen LogP contribution in [-0.4, -0.2) is 55.9 Å². The molecule has 27 heavy (non-hydrogen) atoms. The second kappa shape index (κ2) is 8.19. The van der Waals surface area contributed by atoms with E-state index in [9.17, 15) is 4.79 Å². The molecule has 0 bridgehead atoms. The van der Waals surface area contributed by atoms with E-state index in [1.54, 1.807) is 7.11 Å². The van der Waals surface area contributed by atoms with Crippen LogP contribution in [0.2, 0.25) is 0 Å². The number of rotatable bonds is 6. The first kappa shape index (κ1) is 18.8. The Hall–Kier alpha value is -1.59. The third-order valence-corrected chi connectivity index (χ3v) is 6.29. The standard InChI is InChI=1S/C22H31NO4/c1-25-19-8-4-7-18(11-19)12-21(24)23-15-22(16-23)13-20(9-10-27-22)26-14-17-5-2-3-6-17/h4,7-8,11,17,20H,2-3,5-6,9-10,12-16H2,1H3/t20-/m1/s1. The molecule has 1 aromatic carbocycles. The number of benzene rings is 1. The van der Waals surface area contributed by atoms with E-state index >= 15 is 0 Å². The number of carbonyl (C=O) groups excluding carboxylic acids is 1. The Labute approximate surface area is 162 Å². The van der Waals surface area contributed by atoms with E-state index in [1.165, 1.54) is 25.7 Å². The van der Waals surface area contributed by atoms with Gasteiger partial charge in [-0.2, -0.15) is 0 Å². The van der Waals surface area contributed by atoms with E-state index in [0.29, 0.717) is 19.5 Å². The van der Waals surface area contributed by atoms with Crippen LogP contribution in [0.15, 0.2) is 24.3 Å². The summed E-state index contributed by atoms with van der Waals surface area (Å²) >= 11 is 0. The molecule has 3 aliphatic rings. The first-order valence-corrected chi connectivity index (χ1v) is 10.3. The molecule has 0 aromatic heterocycles. The van der Waals surface area contributed by atoms with Crippen molar-refractivity contribution in [1.29, 1.82) is 0 Å². The molecule has 5 heteroatoms. The first-order chi connectivity index (χ1) is 13.2. The van der Waals surface area contributed by atoms with Gasteiger partial charge in [0.15, 0.2) is 0 Å². The smallest absolute Gasteiger partial charge is 0.227 e. The molecule has 1 amide bonds. The van der Waals surface area contributed by atoms with E-state index < -0.39 is 0 Å². The highest BCUT2D eigenvalue weighted by atomic mass is 16.5. The van der Waals surface area contributed by atoms with Gasteiger partial charge in [0, 0.05) is 19.6 Å². The minimum Gasteiger partial charge on any atom is -0.497 e. The van der Waals surface area contributed by atoms with Gasteiger partial charge in [-0.1, -0.05) is 25.0 Å². The lowest BCUT2D eigenvalue weighted by Gasteiger charge is -2.53. The lowest BCUT2D eigenvalue weighted by Crippen LogP contribution is -2.67. The van der Waals surface area contributed by atoms with Crippen LogP contribution < -0.4 is 4.74 Å². The van der Waals surface area contributed by atoms with Crippen LogP contribution in [-0.2, 0) is 20.7 Å². The van der Waals surface area contributed by atoms with Gasteiger partial charge in [-0.25, -0.2) is 0 Å². The maximum absolute atomic E-state index is 12.6. The summed E-state index contributed by atoms with van der Waals surface area (Å²) in [5, 5.41) is 0. The number of ether oxygens (including phenoxy) is 3. The van der Waals surface area contributed by atoms with Crippen LogP contribution in [0.5, 0.6) is 5.75 Å². The van der Waals surface area contributed by atoms with Crippen LogP contribution in [0.4, 0.5) is 0 Å². The number of hydrogen-bond donors (Lipinski definition) is 0. The SMILES string of the molecule is COc1cccc(CC(=O)N2CC3(C[C@H](OCC4CCCC4)CCO3)C2)c1. The van der Waals surface area contributed by atoms with Gasteiger partial charge in [-0.05, 0) is 42.9 Å². The van der Waals surface area contributed by atoms with Gasteiger partial charge in [0.25, 0.3) is 0 Å². The lowest BCUT2D eigenvalue weighted by molar-refractivity contribution is -0.202. The lowest BCUT2D eigenvalue weighted by atomic mass is 9.84. The van der Waals surface area contributed by atoms with Crippen LogP contribution in [0.1, 0.15) is 44.1 Å². The zero-order valence-electron chi connectivity index (χ0n) is 16.3. The highest BCUT2D eigenvalue weighted by molar-refractivity contribution is 5.80. The van der Waals surface area contributed by atoms with Crippen LogP contribution >= 0.6 is 0 Å². The van der Waals surface area contributed by atoms with Crippen molar-refractivity contribution in [2.75, 3.05) is 33.4 Å². The van der Waals surface area contributed by atoms with E-state index in [0.717, 1.165) is 43.3 Å². The van der Waals surface area contributed by atoms with Crippen molar-refractivity contribution >= 4 is 5.91 Å². The van der Waals surface area contributed by atoms with Crippen molar-refractivity contribution in [2.45, 2.75) is 56.7 Å². The fourth-order valence-corrected chi connectivity index (χ4v) is 4.69. The number of carbonyl (C=O) groups is 1. The molecule has 0 radical (unpaired) electrons. The summed E-state index contributed by atoms with van der Waals surface area (Å²) in [6.45, 7) is 3.03. The molecule has 1 spiro atoms. The highest BCUT2D eigenvalue weighted by Gasteiger charge is 2.49. The third-order valence-electron chi connectivity index (χ3n) is 6.29. The molecule has 0 N–H and O–H groups in total. The molecule has 3 fully saturated rings. The number of likely N-dealkylation sites (tertiary alicyclic amines) is 1. The maximum atomic E-state index is 12.6. The Kier molecular flexibility index (Phi) is 5.69. The van der Waals surface area contributed by atoms with Crippen LogP contribution in [0.3, 0.4) is 0 Å². The fourth-order valence-electron chi connectivity index (χ4n) is 4.69. The van der Waals surface area contributed by atoms with Gasteiger partial charge in [0.05, 0.1) is 32.7 Å². The zero-order chi connectivity index (χ0) is 18.7. The molecule has 1 aliphatic carbocycles. The zero-order valence-corrected chi connectivity index (χ0v) is 16.3. The third kappa shape index (κ3) is 4.46. The summed E-state index contributed by atoms with van der Waals surface area (Å²) in [5.41, 5.74) is 0.811. The summed E-state index contributed by atoms with van der Waals surface area (Å²) in [6.07, 6.45) is 7.95. The molecule has 1 atom stereocenters. The van der Waals surface area contributed by atoms with E-state index in [1.807, 2.05) is 29.2 Å². The van der Waals surface area contributed by atoms with Gasteiger partial charge in [-0.3, -0.25) is 4.79 Å². The van der Waals surface area contributed by atoms with Gasteiger partial charge in [0.2, 0.25) is 5.91 Å². The van der Waals surface area contributed by atoms with Gasteiger partial charge >= 0.3 is 0 Å². The second-order valence-electron chi connectivity index (χ2n) is 8.41. The minimum atomic E-state index is -0.178. The molecule has 0 unspecified atom stereocenters. The van der Waals surface area contributed by atoms with Crippen molar-refractivity contribution in [3.05, 3.63) is 29.8 Å². The molecule has 1 saturated carbocycles. The Morgan fingerprint density at radius 2 is 2.07 bits per heavy atom. The van der Waals surface area contributed by atoms with Crippen LogP contribution in [0.25, 0.3) is 0 Å². The average molecular weight is 373 g/mol. The highest BCUT2D eigenvalue weighted by Crippen LogP contribution is 2.36. The number of methoxy groups -OCH3 is 1. The molecular formula is C22H31NO4. The monoisotopic (exact) mass is 373 g/mol. The van der Waals surface area contributed by atoms with Crippen molar-refractivity contribution in [1.82, 2.24) is 4.90 Å². The van der Waals surface area contributed by atoms with Gasteiger partial charge in [0.1, 0.15) is 11.4 Å².